The molecule has 1 saturated heterocycles. The van der Waals surface area contributed by atoms with E-state index in [0.717, 1.165) is 28.4 Å². The van der Waals surface area contributed by atoms with Crippen LogP contribution >= 0.6 is 15.9 Å². The summed E-state index contributed by atoms with van der Waals surface area (Å²) in [7, 11) is 0. The van der Waals surface area contributed by atoms with Crippen LogP contribution in [0, 0.1) is 5.41 Å². The summed E-state index contributed by atoms with van der Waals surface area (Å²) in [5.74, 6) is 0.705. The fourth-order valence-corrected chi connectivity index (χ4v) is 3.47. The maximum Gasteiger partial charge on any atom is 0.410 e. The summed E-state index contributed by atoms with van der Waals surface area (Å²) < 4.78 is 12.7. The van der Waals surface area contributed by atoms with Gasteiger partial charge in [-0.05, 0) is 45.0 Å². The van der Waals surface area contributed by atoms with Crippen molar-refractivity contribution in [2.45, 2.75) is 45.3 Å². The van der Waals surface area contributed by atoms with Crippen molar-refractivity contribution < 1.29 is 14.3 Å². The van der Waals surface area contributed by atoms with Gasteiger partial charge in [0, 0.05) is 41.5 Å². The highest BCUT2D eigenvalue weighted by atomic mass is 79.9. The van der Waals surface area contributed by atoms with Crippen LogP contribution in [0.4, 0.5) is 4.79 Å². The van der Waals surface area contributed by atoms with Gasteiger partial charge < -0.3 is 14.4 Å². The molecule has 1 fully saturated rings. The summed E-state index contributed by atoms with van der Waals surface area (Å²) in [6, 6.07) is 15.4. The van der Waals surface area contributed by atoms with Crippen molar-refractivity contribution in [2.24, 2.45) is 0 Å². The Labute approximate surface area is 180 Å². The van der Waals surface area contributed by atoms with Crippen LogP contribution in [0.5, 0.6) is 5.75 Å². The van der Waals surface area contributed by atoms with E-state index in [0.29, 0.717) is 24.6 Å². The second kappa shape index (κ2) is 8.99. The normalized spacial score (nSPS) is 15.1. The molecule has 0 saturated carbocycles. The van der Waals surface area contributed by atoms with E-state index >= 15 is 0 Å². The lowest BCUT2D eigenvalue weighted by Gasteiger charge is -2.33. The Kier molecular flexibility index (Phi) is 6.63. The molecule has 0 bridgehead atoms. The van der Waals surface area contributed by atoms with Crippen molar-refractivity contribution in [3.63, 3.8) is 0 Å². The van der Waals surface area contributed by atoms with Gasteiger partial charge in [0.2, 0.25) is 0 Å². The molecule has 154 valence electrons. The van der Waals surface area contributed by atoms with Crippen molar-refractivity contribution in [1.29, 1.82) is 5.41 Å². The average Bonchev–Trinajstić information content (AvgIpc) is 2.68. The molecule has 1 aliphatic heterocycles. The zero-order valence-corrected chi connectivity index (χ0v) is 18.7. The summed E-state index contributed by atoms with van der Waals surface area (Å²) in [4.78, 5) is 14.0. The molecule has 1 aliphatic rings. The van der Waals surface area contributed by atoms with Gasteiger partial charge in [-0.1, -0.05) is 40.2 Å². The number of carbonyl (C=O) groups is 1. The highest BCUT2D eigenvalue weighted by Crippen LogP contribution is 2.26. The minimum absolute atomic E-state index is 0.00699. The monoisotopic (exact) mass is 458 g/mol. The van der Waals surface area contributed by atoms with Crippen LogP contribution in [0.1, 0.15) is 44.7 Å². The van der Waals surface area contributed by atoms with Gasteiger partial charge in [0.25, 0.3) is 0 Å². The number of halogens is 1. The third-order valence-corrected chi connectivity index (χ3v) is 5.21. The number of hydrogen-bond acceptors (Lipinski definition) is 4. The molecule has 0 radical (unpaired) electrons. The van der Waals surface area contributed by atoms with E-state index < -0.39 is 5.60 Å². The van der Waals surface area contributed by atoms with Crippen LogP contribution in [0.2, 0.25) is 0 Å². The zero-order valence-electron chi connectivity index (χ0n) is 17.1. The standard InChI is InChI=1S/C23H27BrN2O3/c1-23(2,3)29-22(27)26-14-12-18(13-15-26)28-20-7-5-4-6-19(20)21(25)16-8-10-17(24)11-9-16/h4-11,18,25H,12-15H2,1-3H3. The number of nitrogens with zero attached hydrogens (tertiary/aromatic N) is 1. The number of hydrogen-bond donors (Lipinski definition) is 1. The molecule has 0 aromatic heterocycles. The molecule has 1 amide bonds. The molecule has 5 nitrogen and oxygen atoms in total. The van der Waals surface area contributed by atoms with Gasteiger partial charge in [0.15, 0.2) is 0 Å². The number of rotatable bonds is 4. The molecule has 2 aromatic rings. The van der Waals surface area contributed by atoms with Gasteiger partial charge in [-0.2, -0.15) is 0 Å². The van der Waals surface area contributed by atoms with E-state index in [4.69, 9.17) is 14.9 Å². The number of benzene rings is 2. The van der Waals surface area contributed by atoms with E-state index in [1.807, 2.05) is 69.3 Å². The molecule has 0 unspecified atom stereocenters. The van der Waals surface area contributed by atoms with Crippen LogP contribution in [-0.4, -0.2) is 41.5 Å². The largest absolute Gasteiger partial charge is 0.490 e. The molecule has 0 aliphatic carbocycles. The average molecular weight is 459 g/mol. The number of piperidine rings is 1. The van der Waals surface area contributed by atoms with Crippen LogP contribution in [-0.2, 0) is 4.74 Å². The SMILES string of the molecule is CC(C)(C)OC(=O)N1CCC(Oc2ccccc2C(=N)c2ccc(Br)cc2)CC1. The van der Waals surface area contributed by atoms with E-state index in [1.165, 1.54) is 0 Å². The molecule has 6 heteroatoms. The Morgan fingerprint density at radius 1 is 1.07 bits per heavy atom. The van der Waals surface area contributed by atoms with E-state index in [1.54, 1.807) is 4.90 Å². The topological polar surface area (TPSA) is 62.6 Å². The van der Waals surface area contributed by atoms with Crippen molar-refractivity contribution in [2.75, 3.05) is 13.1 Å². The van der Waals surface area contributed by atoms with Gasteiger partial charge in [-0.25, -0.2) is 4.79 Å². The Hall–Kier alpha value is -2.34. The third kappa shape index (κ3) is 5.82. The number of ether oxygens (including phenoxy) is 2. The van der Waals surface area contributed by atoms with Crippen molar-refractivity contribution in [3.8, 4) is 5.75 Å². The molecule has 1 N–H and O–H groups in total. The molecule has 2 aromatic carbocycles. The van der Waals surface area contributed by atoms with Crippen molar-refractivity contribution in [3.05, 3.63) is 64.1 Å². The summed E-state index contributed by atoms with van der Waals surface area (Å²) >= 11 is 3.43. The highest BCUT2D eigenvalue weighted by molar-refractivity contribution is 9.10. The number of likely N-dealkylation sites (tertiary alicyclic amines) is 1. The van der Waals surface area contributed by atoms with Gasteiger partial charge in [-0.15, -0.1) is 0 Å². The Morgan fingerprint density at radius 3 is 2.31 bits per heavy atom. The summed E-state index contributed by atoms with van der Waals surface area (Å²) in [5.41, 5.74) is 1.55. The maximum absolute atomic E-state index is 12.2. The molecule has 0 atom stereocenters. The number of nitrogens with one attached hydrogen (secondary N) is 1. The smallest absolute Gasteiger partial charge is 0.410 e. The molecule has 1 heterocycles. The number of carbonyl (C=O) groups excluding carboxylic acids is 1. The second-order valence-electron chi connectivity index (χ2n) is 8.16. The first-order chi connectivity index (χ1) is 13.7. The van der Waals surface area contributed by atoms with E-state index in [-0.39, 0.29) is 12.2 Å². The van der Waals surface area contributed by atoms with E-state index in [9.17, 15) is 4.79 Å². The fraction of sp³-hybridized carbons (Fsp3) is 0.391. The lowest BCUT2D eigenvalue weighted by atomic mass is 10.0. The Bertz CT molecular complexity index is 866. The van der Waals surface area contributed by atoms with Crippen LogP contribution < -0.4 is 4.74 Å². The molecular weight excluding hydrogens is 432 g/mol. The summed E-state index contributed by atoms with van der Waals surface area (Å²) in [5, 5.41) is 8.61. The summed E-state index contributed by atoms with van der Waals surface area (Å²) in [6.45, 7) is 6.83. The third-order valence-electron chi connectivity index (χ3n) is 4.68. The second-order valence-corrected chi connectivity index (χ2v) is 9.08. The van der Waals surface area contributed by atoms with Gasteiger partial charge in [0.05, 0.1) is 5.71 Å². The molecule has 0 spiro atoms. The Balaban J connectivity index is 1.64. The fourth-order valence-electron chi connectivity index (χ4n) is 3.21. The summed E-state index contributed by atoms with van der Waals surface area (Å²) in [6.07, 6.45) is 1.21. The quantitative estimate of drug-likeness (QED) is 0.602. The predicted molar refractivity (Wildman–Crippen MR) is 118 cm³/mol. The minimum Gasteiger partial charge on any atom is -0.490 e. The van der Waals surface area contributed by atoms with Crippen LogP contribution in [0.25, 0.3) is 0 Å². The lowest BCUT2D eigenvalue weighted by molar-refractivity contribution is 0.0126. The number of para-hydroxylation sites is 1. The van der Waals surface area contributed by atoms with Gasteiger partial charge >= 0.3 is 6.09 Å². The van der Waals surface area contributed by atoms with Crippen LogP contribution in [0.15, 0.2) is 53.0 Å². The number of amides is 1. The first kappa shape index (κ1) is 21.4. The van der Waals surface area contributed by atoms with Crippen molar-refractivity contribution in [1.82, 2.24) is 4.90 Å². The molecule has 3 rings (SSSR count). The van der Waals surface area contributed by atoms with E-state index in [2.05, 4.69) is 15.9 Å². The minimum atomic E-state index is -0.489. The lowest BCUT2D eigenvalue weighted by Crippen LogP contribution is -2.44. The van der Waals surface area contributed by atoms with Gasteiger partial charge in [-0.3, -0.25) is 5.41 Å². The maximum atomic E-state index is 12.2. The molecular formula is C23H27BrN2O3. The predicted octanol–water partition coefficient (Wildman–Crippen LogP) is 5.64. The van der Waals surface area contributed by atoms with Crippen molar-refractivity contribution >= 4 is 27.7 Å². The Morgan fingerprint density at radius 2 is 1.69 bits per heavy atom. The van der Waals surface area contributed by atoms with Gasteiger partial charge in [0.1, 0.15) is 17.5 Å². The first-order valence-electron chi connectivity index (χ1n) is 9.81. The van der Waals surface area contributed by atoms with Crippen LogP contribution in [0.3, 0.4) is 0 Å². The highest BCUT2D eigenvalue weighted by Gasteiger charge is 2.28. The zero-order chi connectivity index (χ0) is 21.0. The molecule has 29 heavy (non-hydrogen) atoms. The first-order valence-corrected chi connectivity index (χ1v) is 10.6.